The maximum atomic E-state index is 2.56. The van der Waals surface area contributed by atoms with Crippen LogP contribution in [0.3, 0.4) is 0 Å². The van der Waals surface area contributed by atoms with Gasteiger partial charge in [0.15, 0.2) is 0 Å². The van der Waals surface area contributed by atoms with Gasteiger partial charge in [0, 0.05) is 16.2 Å². The molecule has 0 saturated heterocycles. The number of fused-ring (bicyclic) bond motifs is 9. The lowest BCUT2D eigenvalue weighted by Crippen LogP contribution is -2.12. The molecule has 0 heterocycles. The van der Waals surface area contributed by atoms with Gasteiger partial charge in [0.25, 0.3) is 0 Å². The first-order valence-electron chi connectivity index (χ1n) is 33.5. The third-order valence-corrected chi connectivity index (χ3v) is 20.0. The van der Waals surface area contributed by atoms with Crippen molar-refractivity contribution in [1.29, 1.82) is 0 Å². The van der Waals surface area contributed by atoms with Crippen molar-refractivity contribution in [2.45, 2.75) is 0 Å². The minimum atomic E-state index is 1.09. The number of anilines is 3. The quantitative estimate of drug-likeness (QED) is 0.110. The Kier molecular flexibility index (Phi) is 14.3. The van der Waals surface area contributed by atoms with Crippen LogP contribution in [0.4, 0.5) is 17.1 Å². The molecule has 18 aromatic rings. The highest BCUT2D eigenvalue weighted by Gasteiger charge is 2.25. The van der Waals surface area contributed by atoms with E-state index in [1.165, 1.54) is 148 Å². The fourth-order valence-electron chi connectivity index (χ4n) is 15.4. The van der Waals surface area contributed by atoms with E-state index in [4.69, 9.17) is 0 Å². The lowest BCUT2D eigenvalue weighted by atomic mass is 9.89. The van der Waals surface area contributed by atoms with Crippen molar-refractivity contribution in [1.82, 2.24) is 0 Å². The predicted molar refractivity (Wildman–Crippen MR) is 421 cm³/mol. The summed E-state index contributed by atoms with van der Waals surface area (Å²) in [6, 6.07) is 127. The summed E-state index contributed by atoms with van der Waals surface area (Å²) in [4.78, 5) is 2.56. The average Bonchev–Trinajstić information content (AvgIpc) is 0.735. The smallest absolute Gasteiger partial charge is 0.0540 e. The first-order chi connectivity index (χ1) is 48.1. The SMILES string of the molecule is C(=Cc1ccc(-c2ccc(N(c3ccc(-c4ccc(C=Cc5cccc6ccccc56)c5ccccc45)c4ccccc34)c3ccc(-c4ccc(C=Cc5cccc6ccccc56)c5ccccc45)c4ccccc34)c3ccccc23)c2ccccc12)c1cccc2ccccc12. The highest BCUT2D eigenvalue weighted by atomic mass is 15.1. The summed E-state index contributed by atoms with van der Waals surface area (Å²) in [5, 5.41) is 21.7. The van der Waals surface area contributed by atoms with Crippen molar-refractivity contribution < 1.29 is 0 Å². The van der Waals surface area contributed by atoms with Gasteiger partial charge in [0.05, 0.1) is 17.1 Å². The molecule has 18 rings (SSSR count). The van der Waals surface area contributed by atoms with Gasteiger partial charge >= 0.3 is 0 Å². The van der Waals surface area contributed by atoms with E-state index in [9.17, 15) is 0 Å². The van der Waals surface area contributed by atoms with Crippen molar-refractivity contribution in [3.05, 3.63) is 379 Å². The molecule has 0 N–H and O–H groups in total. The largest absolute Gasteiger partial charge is 0.309 e. The molecule has 1 heteroatoms. The summed E-state index contributed by atoms with van der Waals surface area (Å²) in [6.45, 7) is 0. The van der Waals surface area contributed by atoms with E-state index in [0.29, 0.717) is 0 Å². The number of hydrogen-bond acceptors (Lipinski definition) is 1. The van der Waals surface area contributed by atoms with Crippen LogP contribution < -0.4 is 4.90 Å². The molecule has 0 saturated carbocycles. The van der Waals surface area contributed by atoms with Crippen molar-refractivity contribution in [2.24, 2.45) is 0 Å². The van der Waals surface area contributed by atoms with E-state index in [0.717, 1.165) is 33.2 Å². The molecular weight excluding hydrogens is 1170 g/mol. The van der Waals surface area contributed by atoms with Crippen LogP contribution in [0.15, 0.2) is 346 Å². The minimum absolute atomic E-state index is 1.09. The molecule has 0 aliphatic heterocycles. The standard InChI is InChI=1S/C96H63N/c1-4-31-73-64(22-1)25-19-28-67(73)46-49-70-52-55-85(79-37-10-7-34-76(70)79)88-58-61-94(91-43-16-13-40-82(88)91)97(95-62-59-89(83-41-14-17-44-92(83)95)86-56-53-71(77-35-8-11-38-80(77)86)50-47-68-29-20-26-65-23-2-5-32-74(65)68)96-63-60-90(84-42-15-18-45-93(84)96)87-57-54-72(78-36-9-12-39-81(78)87)51-48-69-30-21-27-66-24-3-6-33-75(66)69/h1-63H. The fraction of sp³-hybridized carbons (Fsp3) is 0. The number of hydrogen-bond donors (Lipinski definition) is 0. The third-order valence-electron chi connectivity index (χ3n) is 20.0. The van der Waals surface area contributed by atoms with Crippen molar-refractivity contribution in [3.63, 3.8) is 0 Å². The Morgan fingerprint density at radius 1 is 0.134 bits per heavy atom. The van der Waals surface area contributed by atoms with Crippen LogP contribution in [0.1, 0.15) is 33.4 Å². The third kappa shape index (κ3) is 10.1. The second-order valence-corrected chi connectivity index (χ2v) is 25.3. The van der Waals surface area contributed by atoms with Gasteiger partial charge in [-0.3, -0.25) is 0 Å². The molecule has 0 aliphatic rings. The molecular formula is C96H63N. The zero-order valence-electron chi connectivity index (χ0n) is 53.3. The number of rotatable bonds is 12. The Bertz CT molecular complexity index is 5650. The predicted octanol–water partition coefficient (Wildman–Crippen LogP) is 27.0. The molecule has 0 bridgehead atoms. The highest BCUT2D eigenvalue weighted by molar-refractivity contribution is 6.19. The van der Waals surface area contributed by atoms with E-state index >= 15 is 0 Å². The number of nitrogens with zero attached hydrogens (tertiary/aromatic N) is 1. The lowest BCUT2D eigenvalue weighted by molar-refractivity contribution is 1.33. The molecule has 1 nitrogen and oxygen atoms in total. The summed E-state index contributed by atoms with van der Waals surface area (Å²) < 4.78 is 0. The van der Waals surface area contributed by atoms with Crippen molar-refractivity contribution >= 4 is 150 Å². The van der Waals surface area contributed by atoms with Crippen molar-refractivity contribution in [2.75, 3.05) is 4.90 Å². The minimum Gasteiger partial charge on any atom is -0.309 e. The fourth-order valence-corrected chi connectivity index (χ4v) is 15.4. The summed E-state index contributed by atoms with van der Waals surface area (Å²) in [7, 11) is 0. The van der Waals surface area contributed by atoms with E-state index < -0.39 is 0 Å². The lowest BCUT2D eigenvalue weighted by Gasteiger charge is -2.31. The van der Waals surface area contributed by atoms with Crippen LogP contribution in [0.2, 0.25) is 0 Å². The molecule has 0 radical (unpaired) electrons. The topological polar surface area (TPSA) is 3.24 Å². The van der Waals surface area contributed by atoms with Crippen LogP contribution in [0.5, 0.6) is 0 Å². The second kappa shape index (κ2) is 24.3. The summed E-state index contributed by atoms with van der Waals surface area (Å²) in [5.74, 6) is 0. The van der Waals surface area contributed by atoms with Crippen LogP contribution in [-0.2, 0) is 0 Å². The maximum absolute atomic E-state index is 2.56. The van der Waals surface area contributed by atoms with E-state index in [1.807, 2.05) is 0 Å². The molecule has 452 valence electrons. The van der Waals surface area contributed by atoms with Crippen LogP contribution in [0, 0.1) is 0 Å². The molecule has 18 aromatic carbocycles. The summed E-state index contributed by atoms with van der Waals surface area (Å²) in [6.07, 6.45) is 13.7. The molecule has 0 unspecified atom stereocenters. The molecule has 0 aromatic heterocycles. The molecule has 0 fully saturated rings. The van der Waals surface area contributed by atoms with Gasteiger partial charge < -0.3 is 4.90 Å². The molecule has 0 atom stereocenters. The van der Waals surface area contributed by atoms with Gasteiger partial charge in [0.1, 0.15) is 0 Å². The Hall–Kier alpha value is -12.7. The van der Waals surface area contributed by atoms with E-state index in [2.05, 4.69) is 387 Å². The number of benzene rings is 18. The summed E-state index contributed by atoms with van der Waals surface area (Å²) >= 11 is 0. The zero-order chi connectivity index (χ0) is 64.2. The maximum Gasteiger partial charge on any atom is 0.0540 e. The van der Waals surface area contributed by atoms with Crippen molar-refractivity contribution in [3.8, 4) is 33.4 Å². The average molecular weight is 1230 g/mol. The van der Waals surface area contributed by atoms with Gasteiger partial charge in [-0.05, 0) is 166 Å². The molecule has 97 heavy (non-hydrogen) atoms. The van der Waals surface area contributed by atoms with Crippen LogP contribution in [-0.4, -0.2) is 0 Å². The first-order valence-corrected chi connectivity index (χ1v) is 33.5. The van der Waals surface area contributed by atoms with Crippen LogP contribution >= 0.6 is 0 Å². The van der Waals surface area contributed by atoms with E-state index in [-0.39, 0.29) is 0 Å². The van der Waals surface area contributed by atoms with Gasteiger partial charge in [-0.1, -0.05) is 364 Å². The van der Waals surface area contributed by atoms with E-state index in [1.54, 1.807) is 0 Å². The summed E-state index contributed by atoms with van der Waals surface area (Å²) in [5.41, 5.74) is 17.6. The zero-order valence-corrected chi connectivity index (χ0v) is 53.3. The second-order valence-electron chi connectivity index (χ2n) is 25.3. The molecule has 0 spiro atoms. The molecule has 0 amide bonds. The highest BCUT2D eigenvalue weighted by Crippen LogP contribution is 2.50. The van der Waals surface area contributed by atoms with Gasteiger partial charge in [0.2, 0.25) is 0 Å². The Balaban J connectivity index is 0.808. The Labute approximate surface area is 564 Å². The monoisotopic (exact) mass is 1230 g/mol. The van der Waals surface area contributed by atoms with Gasteiger partial charge in [-0.15, -0.1) is 0 Å². The van der Waals surface area contributed by atoms with Crippen LogP contribution in [0.25, 0.3) is 167 Å². The molecule has 0 aliphatic carbocycles. The van der Waals surface area contributed by atoms with Gasteiger partial charge in [-0.25, -0.2) is 0 Å². The van der Waals surface area contributed by atoms with Gasteiger partial charge in [-0.2, -0.15) is 0 Å². The first kappa shape index (κ1) is 57.0. The normalized spacial score (nSPS) is 12.0. The Morgan fingerprint density at radius 3 is 0.588 bits per heavy atom. The Morgan fingerprint density at radius 2 is 0.320 bits per heavy atom.